The topological polar surface area (TPSA) is 103 Å². The Labute approximate surface area is 186 Å². The highest BCUT2D eigenvalue weighted by Gasteiger charge is 2.26. The Hall–Kier alpha value is -3.65. The number of fused-ring (bicyclic) bond motifs is 1. The van der Waals surface area contributed by atoms with Crippen LogP contribution in [0.15, 0.2) is 60.7 Å². The number of anilines is 1. The fourth-order valence-electron chi connectivity index (χ4n) is 3.97. The second-order valence-electron chi connectivity index (χ2n) is 7.94. The zero-order valence-corrected chi connectivity index (χ0v) is 17.9. The van der Waals surface area contributed by atoms with Gasteiger partial charge in [0, 0.05) is 55.7 Å². The van der Waals surface area contributed by atoms with Crippen LogP contribution in [0.3, 0.4) is 0 Å². The normalized spacial score (nSPS) is 14.4. The molecule has 2 aromatic carbocycles. The molecule has 1 aromatic heterocycles. The Morgan fingerprint density at radius 2 is 1.62 bits per heavy atom. The summed E-state index contributed by atoms with van der Waals surface area (Å²) < 4.78 is 0. The molecule has 0 radical (unpaired) electrons. The maximum atomic E-state index is 13.0. The molecule has 3 N–H and O–H groups in total. The molecule has 8 heteroatoms. The van der Waals surface area contributed by atoms with Crippen molar-refractivity contribution < 1.29 is 14.4 Å². The summed E-state index contributed by atoms with van der Waals surface area (Å²) in [7, 11) is 0. The number of hydrogen-bond donors (Lipinski definition) is 2. The largest absolute Gasteiger partial charge is 0.370 e. The van der Waals surface area contributed by atoms with E-state index in [2.05, 4.69) is 4.98 Å². The molecule has 0 spiro atoms. The molecule has 3 amide bonds. The summed E-state index contributed by atoms with van der Waals surface area (Å²) in [4.78, 5) is 45.8. The van der Waals surface area contributed by atoms with Gasteiger partial charge in [-0.25, -0.2) is 0 Å². The van der Waals surface area contributed by atoms with Crippen LogP contribution in [-0.2, 0) is 9.59 Å². The van der Waals surface area contributed by atoms with E-state index in [0.717, 1.165) is 16.6 Å². The molecule has 1 saturated heterocycles. The van der Waals surface area contributed by atoms with Crippen LogP contribution in [-0.4, -0.2) is 71.8 Å². The van der Waals surface area contributed by atoms with Gasteiger partial charge < -0.3 is 20.5 Å². The molecular weight excluding hydrogens is 406 g/mol. The van der Waals surface area contributed by atoms with E-state index in [-0.39, 0.29) is 31.3 Å². The first-order chi connectivity index (χ1) is 15.5. The van der Waals surface area contributed by atoms with Gasteiger partial charge >= 0.3 is 0 Å². The van der Waals surface area contributed by atoms with Gasteiger partial charge in [0.1, 0.15) is 5.69 Å². The zero-order chi connectivity index (χ0) is 22.5. The van der Waals surface area contributed by atoms with Gasteiger partial charge in [-0.15, -0.1) is 0 Å². The minimum Gasteiger partial charge on any atom is -0.370 e. The van der Waals surface area contributed by atoms with Gasteiger partial charge in [-0.1, -0.05) is 36.4 Å². The van der Waals surface area contributed by atoms with Crippen LogP contribution in [0.4, 0.5) is 5.69 Å². The minimum atomic E-state index is -0.442. The number of aromatic nitrogens is 1. The number of piperazine rings is 1. The lowest BCUT2D eigenvalue weighted by Gasteiger charge is -2.35. The van der Waals surface area contributed by atoms with Gasteiger partial charge in [0.15, 0.2) is 0 Å². The van der Waals surface area contributed by atoms with Crippen LogP contribution in [0.1, 0.15) is 16.9 Å². The second-order valence-corrected chi connectivity index (χ2v) is 7.94. The minimum absolute atomic E-state index is 0.0282. The van der Waals surface area contributed by atoms with Crippen molar-refractivity contribution in [3.63, 3.8) is 0 Å². The number of amides is 3. The summed E-state index contributed by atoms with van der Waals surface area (Å²) in [5, 5.41) is 1.01. The van der Waals surface area contributed by atoms with Crippen molar-refractivity contribution in [1.82, 2.24) is 14.8 Å². The van der Waals surface area contributed by atoms with Crippen molar-refractivity contribution in [2.24, 2.45) is 5.73 Å². The van der Waals surface area contributed by atoms with Gasteiger partial charge in [0.2, 0.25) is 11.8 Å². The highest BCUT2D eigenvalue weighted by Crippen LogP contribution is 2.18. The smallest absolute Gasteiger partial charge is 0.270 e. The van der Waals surface area contributed by atoms with Gasteiger partial charge in [-0.3, -0.25) is 19.3 Å². The third-order valence-corrected chi connectivity index (χ3v) is 5.73. The fraction of sp³-hybridized carbons (Fsp3) is 0.292. The molecule has 32 heavy (non-hydrogen) atoms. The number of H-pyrrole nitrogens is 1. The van der Waals surface area contributed by atoms with Crippen LogP contribution in [0.2, 0.25) is 0 Å². The molecular formula is C24H27N5O3. The molecule has 166 valence electrons. The van der Waals surface area contributed by atoms with E-state index in [1.807, 2.05) is 70.5 Å². The van der Waals surface area contributed by atoms with E-state index < -0.39 is 5.91 Å². The Morgan fingerprint density at radius 3 is 2.31 bits per heavy atom. The third kappa shape index (κ3) is 4.97. The van der Waals surface area contributed by atoms with Gasteiger partial charge in [0.25, 0.3) is 5.91 Å². The Bertz CT molecular complexity index is 1070. The second kappa shape index (κ2) is 9.65. The molecule has 8 nitrogen and oxygen atoms in total. The molecule has 0 atom stereocenters. The highest BCUT2D eigenvalue weighted by molar-refractivity contribution is 5.98. The molecule has 4 rings (SSSR count). The number of aromatic amines is 1. The standard InChI is InChI=1S/C24H27N5O3/c25-22(30)10-11-29(19-7-2-1-3-8-19)23(31)17-27-12-14-28(15-13-27)24(32)21-16-18-6-4-5-9-20(18)26-21/h1-9,16,26H,10-15,17H2,(H2,25,30). The van der Waals surface area contributed by atoms with Crippen molar-refractivity contribution >= 4 is 34.3 Å². The van der Waals surface area contributed by atoms with E-state index in [1.54, 1.807) is 4.90 Å². The molecule has 1 aliphatic heterocycles. The highest BCUT2D eigenvalue weighted by atomic mass is 16.2. The average Bonchev–Trinajstić information content (AvgIpc) is 3.24. The van der Waals surface area contributed by atoms with Gasteiger partial charge in [-0.05, 0) is 24.3 Å². The first-order valence-electron chi connectivity index (χ1n) is 10.7. The lowest BCUT2D eigenvalue weighted by atomic mass is 10.2. The van der Waals surface area contributed by atoms with Crippen molar-refractivity contribution in [2.75, 3.05) is 44.2 Å². The van der Waals surface area contributed by atoms with Gasteiger partial charge in [0.05, 0.1) is 6.54 Å². The molecule has 0 bridgehead atoms. The number of carbonyl (C=O) groups excluding carboxylic acids is 3. The summed E-state index contributed by atoms with van der Waals surface area (Å²) >= 11 is 0. The Balaban J connectivity index is 1.35. The molecule has 0 aliphatic carbocycles. The van der Waals surface area contributed by atoms with Crippen molar-refractivity contribution in [3.8, 4) is 0 Å². The summed E-state index contributed by atoms with van der Waals surface area (Å²) in [5.74, 6) is -0.560. The number of nitrogens with zero attached hydrogens (tertiary/aromatic N) is 3. The lowest BCUT2D eigenvalue weighted by Crippen LogP contribution is -2.52. The fourth-order valence-corrected chi connectivity index (χ4v) is 3.97. The Morgan fingerprint density at radius 1 is 0.938 bits per heavy atom. The average molecular weight is 434 g/mol. The number of primary amides is 1. The first-order valence-corrected chi connectivity index (χ1v) is 10.7. The predicted octanol–water partition coefficient (Wildman–Crippen LogP) is 1.83. The van der Waals surface area contributed by atoms with Gasteiger partial charge in [-0.2, -0.15) is 0 Å². The van der Waals surface area contributed by atoms with Crippen LogP contribution in [0.5, 0.6) is 0 Å². The predicted molar refractivity (Wildman–Crippen MR) is 123 cm³/mol. The monoisotopic (exact) mass is 433 g/mol. The molecule has 1 fully saturated rings. The number of hydrogen-bond acceptors (Lipinski definition) is 4. The van der Waals surface area contributed by atoms with Crippen LogP contribution >= 0.6 is 0 Å². The molecule has 0 unspecified atom stereocenters. The summed E-state index contributed by atoms with van der Waals surface area (Å²) in [6.07, 6.45) is 0.105. The number of rotatable bonds is 7. The van der Waals surface area contributed by atoms with Crippen LogP contribution in [0, 0.1) is 0 Å². The van der Waals surface area contributed by atoms with Crippen LogP contribution < -0.4 is 10.6 Å². The van der Waals surface area contributed by atoms with E-state index in [4.69, 9.17) is 5.73 Å². The first kappa shape index (κ1) is 21.6. The van der Waals surface area contributed by atoms with E-state index in [9.17, 15) is 14.4 Å². The quantitative estimate of drug-likeness (QED) is 0.593. The van der Waals surface area contributed by atoms with Crippen molar-refractivity contribution in [1.29, 1.82) is 0 Å². The zero-order valence-electron chi connectivity index (χ0n) is 17.9. The number of benzene rings is 2. The number of nitrogens with two attached hydrogens (primary N) is 1. The number of nitrogens with one attached hydrogen (secondary N) is 1. The third-order valence-electron chi connectivity index (χ3n) is 5.73. The Kier molecular flexibility index (Phi) is 6.51. The molecule has 3 aromatic rings. The molecule has 0 saturated carbocycles. The van der Waals surface area contributed by atoms with Crippen molar-refractivity contribution in [3.05, 3.63) is 66.4 Å². The van der Waals surface area contributed by atoms with E-state index in [1.165, 1.54) is 0 Å². The number of carbonyl (C=O) groups is 3. The maximum absolute atomic E-state index is 13.0. The number of para-hydroxylation sites is 2. The summed E-state index contributed by atoms with van der Waals surface area (Å²) in [6.45, 7) is 2.79. The van der Waals surface area contributed by atoms with E-state index >= 15 is 0 Å². The summed E-state index contributed by atoms with van der Waals surface area (Å²) in [5.41, 5.74) is 7.56. The van der Waals surface area contributed by atoms with Crippen molar-refractivity contribution in [2.45, 2.75) is 6.42 Å². The van der Waals surface area contributed by atoms with E-state index in [0.29, 0.717) is 31.9 Å². The van der Waals surface area contributed by atoms with Crippen LogP contribution in [0.25, 0.3) is 10.9 Å². The lowest BCUT2D eigenvalue weighted by molar-refractivity contribution is -0.120. The SMILES string of the molecule is NC(=O)CCN(C(=O)CN1CCN(C(=O)c2cc3ccccc3[nH]2)CC1)c1ccccc1. The summed E-state index contributed by atoms with van der Waals surface area (Å²) in [6, 6.07) is 19.0. The molecule has 2 heterocycles. The molecule has 1 aliphatic rings. The maximum Gasteiger partial charge on any atom is 0.270 e.